The van der Waals surface area contributed by atoms with Crippen molar-refractivity contribution in [3.05, 3.63) is 51.2 Å². The maximum atomic E-state index is 3.66. The molecule has 1 aromatic rings. The molecule has 0 amide bonds. The summed E-state index contributed by atoms with van der Waals surface area (Å²) in [6.07, 6.45) is 10.1. The Kier molecular flexibility index (Phi) is 17.6. The predicted octanol–water partition coefficient (Wildman–Crippen LogP) is -4.60. The standard InChI is InChI=1S/C20H29Si.3ClH.Ti/c1-6-7-8-9-18-12-15(3)19(13-18)21-20-16(4)10-14(2)11-17(20)5;;;;/h10-11H,6-9,13,21H2,1-5H3;3*1H;/q-1;;;;+4/p-3. The molecular weight excluding hydrogens is 423 g/mol. The smallest absolute Gasteiger partial charge is 1.00 e. The number of halogens is 3. The minimum absolute atomic E-state index is 0. The molecule has 0 saturated heterocycles. The number of benzene rings is 1. The minimum atomic E-state index is -0.320. The molecule has 138 valence electrons. The van der Waals surface area contributed by atoms with Crippen LogP contribution in [0, 0.1) is 26.8 Å². The molecule has 0 fully saturated rings. The van der Waals surface area contributed by atoms with Gasteiger partial charge >= 0.3 is 21.7 Å². The summed E-state index contributed by atoms with van der Waals surface area (Å²) in [5, 5.41) is 3.38. The summed E-state index contributed by atoms with van der Waals surface area (Å²) in [4.78, 5) is 0. The van der Waals surface area contributed by atoms with E-state index in [2.05, 4.69) is 52.8 Å². The van der Waals surface area contributed by atoms with E-state index < -0.39 is 0 Å². The summed E-state index contributed by atoms with van der Waals surface area (Å²) >= 11 is 0. The van der Waals surface area contributed by atoms with E-state index in [-0.39, 0.29) is 68.5 Å². The van der Waals surface area contributed by atoms with Gasteiger partial charge in [-0.25, -0.2) is 16.8 Å². The summed E-state index contributed by atoms with van der Waals surface area (Å²) in [5.74, 6) is 0. The molecule has 1 aliphatic carbocycles. The fraction of sp³-hybridized carbons (Fsp3) is 0.500. The predicted molar refractivity (Wildman–Crippen MR) is 97.0 cm³/mol. The molecule has 1 aromatic carbocycles. The van der Waals surface area contributed by atoms with Crippen LogP contribution >= 0.6 is 0 Å². The van der Waals surface area contributed by atoms with Crippen molar-refractivity contribution in [3.8, 4) is 0 Å². The summed E-state index contributed by atoms with van der Waals surface area (Å²) in [5.41, 5.74) is 7.40. The van der Waals surface area contributed by atoms with Crippen molar-refractivity contribution in [3.63, 3.8) is 0 Å². The molecule has 0 heterocycles. The maximum absolute atomic E-state index is 3.66. The Hall–Kier alpha value is 0.501. The first-order chi connectivity index (χ1) is 10.0. The zero-order chi connectivity index (χ0) is 15.4. The Labute approximate surface area is 190 Å². The number of hydrogen-bond acceptors (Lipinski definition) is 0. The topological polar surface area (TPSA) is 0 Å². The molecule has 0 atom stereocenters. The van der Waals surface area contributed by atoms with Crippen LogP contribution in [0.1, 0.15) is 62.6 Å². The Morgan fingerprint density at radius 2 is 1.52 bits per heavy atom. The van der Waals surface area contributed by atoms with Crippen molar-refractivity contribution in [2.24, 2.45) is 0 Å². The van der Waals surface area contributed by atoms with Crippen molar-refractivity contribution >= 4 is 14.7 Å². The zero-order valence-electron chi connectivity index (χ0n) is 16.0. The van der Waals surface area contributed by atoms with Crippen LogP contribution in [-0.2, 0) is 21.7 Å². The normalized spacial score (nSPS) is 12.9. The minimum Gasteiger partial charge on any atom is -1.00 e. The average Bonchev–Trinajstić information content (AvgIpc) is 2.74. The van der Waals surface area contributed by atoms with Gasteiger partial charge in [-0.1, -0.05) is 80.0 Å². The molecule has 0 aromatic heterocycles. The molecule has 25 heavy (non-hydrogen) atoms. The second-order valence-corrected chi connectivity index (χ2v) is 8.56. The van der Waals surface area contributed by atoms with Crippen LogP contribution in [0.4, 0.5) is 0 Å². The van der Waals surface area contributed by atoms with E-state index in [9.17, 15) is 0 Å². The molecule has 0 unspecified atom stereocenters. The second-order valence-electron chi connectivity index (χ2n) is 6.65. The van der Waals surface area contributed by atoms with Crippen LogP contribution in [0.5, 0.6) is 0 Å². The summed E-state index contributed by atoms with van der Waals surface area (Å²) in [7, 11) is -0.320. The van der Waals surface area contributed by atoms with Crippen molar-refractivity contribution in [2.75, 3.05) is 0 Å². The van der Waals surface area contributed by atoms with E-state index in [1.807, 2.05) is 0 Å². The Morgan fingerprint density at radius 1 is 0.960 bits per heavy atom. The molecule has 2 rings (SSSR count). The molecule has 0 N–H and O–H groups in total. The van der Waals surface area contributed by atoms with Gasteiger partial charge in [0, 0.05) is 0 Å². The van der Waals surface area contributed by atoms with Crippen LogP contribution in [0.15, 0.2) is 28.5 Å². The van der Waals surface area contributed by atoms with Gasteiger partial charge in [0.2, 0.25) is 0 Å². The molecular formula is C20H29Cl3SiTi. The van der Waals surface area contributed by atoms with E-state index in [0.717, 1.165) is 0 Å². The van der Waals surface area contributed by atoms with Crippen molar-refractivity contribution in [1.82, 2.24) is 0 Å². The zero-order valence-corrected chi connectivity index (χ0v) is 21.3. The van der Waals surface area contributed by atoms with Crippen molar-refractivity contribution in [1.29, 1.82) is 0 Å². The molecule has 1 aliphatic rings. The van der Waals surface area contributed by atoms with Gasteiger partial charge in [-0.2, -0.15) is 5.57 Å². The first-order valence-corrected chi connectivity index (χ1v) is 9.79. The summed E-state index contributed by atoms with van der Waals surface area (Å²) in [6.45, 7) is 11.3. The number of aryl methyl sites for hydroxylation is 3. The van der Waals surface area contributed by atoms with Crippen LogP contribution in [0.25, 0.3) is 0 Å². The largest absolute Gasteiger partial charge is 4.00 e. The summed E-state index contributed by atoms with van der Waals surface area (Å²) in [6, 6.07) is 4.69. The van der Waals surface area contributed by atoms with Gasteiger partial charge in [-0.15, -0.1) is 0 Å². The van der Waals surface area contributed by atoms with Crippen LogP contribution in [0.2, 0.25) is 0 Å². The van der Waals surface area contributed by atoms with E-state index >= 15 is 0 Å². The fourth-order valence-electron chi connectivity index (χ4n) is 3.42. The molecule has 0 nitrogen and oxygen atoms in total. The average molecular weight is 452 g/mol. The summed E-state index contributed by atoms with van der Waals surface area (Å²) < 4.78 is 0. The molecule has 0 spiro atoms. The number of rotatable bonds is 6. The third-order valence-corrected chi connectivity index (χ3v) is 7.31. The maximum Gasteiger partial charge on any atom is 4.00 e. The van der Waals surface area contributed by atoms with Gasteiger partial charge in [0.1, 0.15) is 0 Å². The van der Waals surface area contributed by atoms with Gasteiger partial charge in [0.05, 0.1) is 0 Å². The number of hydrogen-bond donors (Lipinski definition) is 0. The van der Waals surface area contributed by atoms with E-state index in [1.54, 1.807) is 16.0 Å². The molecule has 5 heteroatoms. The number of allylic oxidation sites excluding steroid dienone is 4. The Morgan fingerprint density at radius 3 is 2.04 bits per heavy atom. The van der Waals surface area contributed by atoms with Gasteiger partial charge in [0.15, 0.2) is 0 Å². The van der Waals surface area contributed by atoms with E-state index in [4.69, 9.17) is 0 Å². The van der Waals surface area contributed by atoms with Crippen molar-refractivity contribution in [2.45, 2.75) is 66.7 Å². The van der Waals surface area contributed by atoms with Gasteiger partial charge < -0.3 is 37.2 Å². The van der Waals surface area contributed by atoms with Crippen LogP contribution in [-0.4, -0.2) is 9.52 Å². The monoisotopic (exact) mass is 450 g/mol. The molecule has 0 radical (unpaired) electrons. The quantitative estimate of drug-likeness (QED) is 0.232. The third kappa shape index (κ3) is 8.82. The Bertz CT molecular complexity index is 572. The fourth-order valence-corrected chi connectivity index (χ4v) is 5.39. The van der Waals surface area contributed by atoms with Gasteiger partial charge in [-0.05, 0) is 30.3 Å². The van der Waals surface area contributed by atoms with Gasteiger partial charge in [-0.3, -0.25) is 0 Å². The third-order valence-electron chi connectivity index (χ3n) is 4.63. The number of unbranched alkanes of at least 4 members (excludes halogenated alkanes) is 2. The van der Waals surface area contributed by atoms with Crippen molar-refractivity contribution < 1.29 is 58.9 Å². The first-order valence-electron chi connectivity index (χ1n) is 8.38. The second kappa shape index (κ2) is 14.5. The van der Waals surface area contributed by atoms with E-state index in [1.165, 1.54) is 54.4 Å². The van der Waals surface area contributed by atoms with Crippen LogP contribution in [0.3, 0.4) is 0 Å². The van der Waals surface area contributed by atoms with Crippen LogP contribution < -0.4 is 42.4 Å². The molecule has 0 bridgehead atoms. The first kappa shape index (κ1) is 30.2. The SMILES string of the molecule is CCCCCC1=[C-]C(C)=C([SiH2]c2c(C)cc(C)cc2C)C1.[Cl-].[Cl-].[Cl-].[Ti+4]. The molecule has 0 saturated carbocycles. The van der Waals surface area contributed by atoms with Gasteiger partial charge in [0.25, 0.3) is 0 Å². The van der Waals surface area contributed by atoms with E-state index in [0.29, 0.717) is 0 Å². The molecule has 0 aliphatic heterocycles. The Balaban J connectivity index is -0.00000121.